The van der Waals surface area contributed by atoms with Gasteiger partial charge in [0.05, 0.1) is 0 Å². The van der Waals surface area contributed by atoms with Crippen LogP contribution in [0.3, 0.4) is 0 Å². The summed E-state index contributed by atoms with van der Waals surface area (Å²) in [5, 5.41) is 9.07. The van der Waals surface area contributed by atoms with Crippen molar-refractivity contribution in [3.05, 3.63) is 23.9 Å². The zero-order valence-electron chi connectivity index (χ0n) is 10.4. The quantitative estimate of drug-likeness (QED) is 0.870. The van der Waals surface area contributed by atoms with Crippen molar-refractivity contribution >= 4 is 22.6 Å². The molecule has 5 nitrogen and oxygen atoms in total. The highest BCUT2D eigenvalue weighted by Crippen LogP contribution is 2.20. The molecule has 0 aromatic carbocycles. The number of nitrogens with zero attached hydrogens (tertiary/aromatic N) is 2. The second kappa shape index (κ2) is 5.06. The molecule has 2 unspecified atom stereocenters. The fourth-order valence-electron chi connectivity index (χ4n) is 2.14. The maximum Gasteiger partial charge on any atom is 0.354 e. The molecule has 1 N–H and O–H groups in total. The molecule has 18 heavy (non-hydrogen) atoms. The molecule has 0 amide bonds. The van der Waals surface area contributed by atoms with Crippen LogP contribution in [0.15, 0.2) is 18.2 Å². The Morgan fingerprint density at radius 2 is 2.00 bits per heavy atom. The predicted octanol–water partition coefficient (Wildman–Crippen LogP) is 1.13. The van der Waals surface area contributed by atoms with Crippen molar-refractivity contribution in [3.63, 3.8) is 0 Å². The van der Waals surface area contributed by atoms with E-state index in [2.05, 4.69) is 4.98 Å². The topological polar surface area (TPSA) is 70.5 Å². The van der Waals surface area contributed by atoms with Crippen molar-refractivity contribution in [1.29, 1.82) is 0 Å². The summed E-state index contributed by atoms with van der Waals surface area (Å²) < 4.78 is 11.8. The highest BCUT2D eigenvalue weighted by molar-refractivity contribution is 7.86. The fourth-order valence-corrected chi connectivity index (χ4v) is 3.59. The van der Waals surface area contributed by atoms with Gasteiger partial charge < -0.3 is 10.0 Å². The van der Waals surface area contributed by atoms with Crippen LogP contribution in [0.1, 0.15) is 24.3 Å². The number of aromatic carboxylic acids is 1. The Bertz CT molecular complexity index is 478. The molecule has 98 valence electrons. The second-order valence-corrected chi connectivity index (χ2v) is 6.81. The zero-order valence-corrected chi connectivity index (χ0v) is 11.2. The number of hydrogen-bond acceptors (Lipinski definition) is 4. The van der Waals surface area contributed by atoms with Crippen LogP contribution in [0.2, 0.25) is 0 Å². The number of carboxylic acids is 1. The maximum atomic E-state index is 11.8. The Balaban J connectivity index is 2.24. The molecular formula is C12H16N2O3S. The third kappa shape index (κ3) is 2.53. The highest BCUT2D eigenvalue weighted by Gasteiger charge is 2.29. The average molecular weight is 268 g/mol. The molecular weight excluding hydrogens is 252 g/mol. The monoisotopic (exact) mass is 268 g/mol. The molecule has 0 radical (unpaired) electrons. The molecule has 1 aromatic rings. The van der Waals surface area contributed by atoms with E-state index in [-0.39, 0.29) is 16.2 Å². The predicted molar refractivity (Wildman–Crippen MR) is 70.5 cm³/mol. The van der Waals surface area contributed by atoms with Gasteiger partial charge >= 0.3 is 5.97 Å². The molecule has 1 aromatic heterocycles. The Labute approximate surface area is 108 Å². The molecule has 0 saturated carbocycles. The van der Waals surface area contributed by atoms with E-state index in [0.29, 0.717) is 18.9 Å². The number of carboxylic acid groups (broad SMARTS) is 1. The first-order valence-electron chi connectivity index (χ1n) is 5.83. The molecule has 2 heterocycles. The first-order valence-corrected chi connectivity index (χ1v) is 7.11. The van der Waals surface area contributed by atoms with Gasteiger partial charge in [0.1, 0.15) is 5.82 Å². The van der Waals surface area contributed by atoms with Crippen LogP contribution in [0, 0.1) is 0 Å². The van der Waals surface area contributed by atoms with Gasteiger partial charge in [-0.25, -0.2) is 9.78 Å². The van der Waals surface area contributed by atoms with E-state index in [9.17, 15) is 9.00 Å². The zero-order chi connectivity index (χ0) is 13.3. The lowest BCUT2D eigenvalue weighted by molar-refractivity contribution is 0.0690. The van der Waals surface area contributed by atoms with E-state index >= 15 is 0 Å². The van der Waals surface area contributed by atoms with Gasteiger partial charge in [-0.05, 0) is 26.0 Å². The largest absolute Gasteiger partial charge is 0.477 e. The molecule has 0 aliphatic carbocycles. The van der Waals surface area contributed by atoms with Crippen LogP contribution in [0.4, 0.5) is 5.82 Å². The summed E-state index contributed by atoms with van der Waals surface area (Å²) in [6, 6.07) is 4.95. The minimum Gasteiger partial charge on any atom is -0.477 e. The maximum absolute atomic E-state index is 11.8. The summed E-state index contributed by atoms with van der Waals surface area (Å²) in [6.07, 6.45) is 0. The molecule has 1 aliphatic rings. The SMILES string of the molecule is CC1CN(c2cccc(C(=O)O)n2)CC(C)S1=O. The van der Waals surface area contributed by atoms with Crippen molar-refractivity contribution in [1.82, 2.24) is 4.98 Å². The van der Waals surface area contributed by atoms with Crippen molar-refractivity contribution in [3.8, 4) is 0 Å². The number of carbonyl (C=O) groups is 1. The number of aromatic nitrogens is 1. The molecule has 2 rings (SSSR count). The van der Waals surface area contributed by atoms with Gasteiger partial charge in [0.2, 0.25) is 0 Å². The van der Waals surface area contributed by atoms with Crippen LogP contribution in [0.5, 0.6) is 0 Å². The van der Waals surface area contributed by atoms with Crippen molar-refractivity contribution < 1.29 is 14.1 Å². The van der Waals surface area contributed by atoms with E-state index in [0.717, 1.165) is 0 Å². The van der Waals surface area contributed by atoms with Crippen LogP contribution in [-0.2, 0) is 10.8 Å². The lowest BCUT2D eigenvalue weighted by Crippen LogP contribution is -2.47. The summed E-state index contributed by atoms with van der Waals surface area (Å²) in [7, 11) is -0.824. The van der Waals surface area contributed by atoms with Crippen LogP contribution in [-0.4, -0.2) is 43.9 Å². The number of anilines is 1. The lowest BCUT2D eigenvalue weighted by atomic mass is 10.3. The van der Waals surface area contributed by atoms with E-state index in [1.54, 1.807) is 12.1 Å². The Hall–Kier alpha value is -1.43. The Morgan fingerprint density at radius 3 is 2.56 bits per heavy atom. The summed E-state index contributed by atoms with van der Waals surface area (Å²) in [5.74, 6) is -0.385. The number of pyridine rings is 1. The van der Waals surface area contributed by atoms with E-state index < -0.39 is 16.8 Å². The number of rotatable bonds is 2. The second-order valence-electron chi connectivity index (χ2n) is 4.54. The van der Waals surface area contributed by atoms with Crippen LogP contribution >= 0.6 is 0 Å². The third-order valence-corrected chi connectivity index (χ3v) is 4.91. The molecule has 0 spiro atoms. The average Bonchev–Trinajstić information content (AvgIpc) is 2.35. The first-order chi connectivity index (χ1) is 8.49. The van der Waals surface area contributed by atoms with Crippen LogP contribution < -0.4 is 4.90 Å². The van der Waals surface area contributed by atoms with Gasteiger partial charge in [-0.3, -0.25) is 4.21 Å². The molecule has 2 atom stereocenters. The van der Waals surface area contributed by atoms with Gasteiger partial charge in [0.15, 0.2) is 5.69 Å². The van der Waals surface area contributed by atoms with Crippen molar-refractivity contribution in [2.24, 2.45) is 0 Å². The molecule has 0 bridgehead atoms. The minimum absolute atomic E-state index is 0.0412. The third-order valence-electron chi connectivity index (χ3n) is 3.03. The van der Waals surface area contributed by atoms with E-state index in [4.69, 9.17) is 5.11 Å². The van der Waals surface area contributed by atoms with Gasteiger partial charge in [0, 0.05) is 34.4 Å². The Morgan fingerprint density at radius 1 is 1.39 bits per heavy atom. The summed E-state index contributed by atoms with van der Waals surface area (Å²) >= 11 is 0. The van der Waals surface area contributed by atoms with Gasteiger partial charge in [0.25, 0.3) is 0 Å². The van der Waals surface area contributed by atoms with Gasteiger partial charge in [-0.15, -0.1) is 0 Å². The van der Waals surface area contributed by atoms with Gasteiger partial charge in [-0.2, -0.15) is 0 Å². The molecule has 6 heteroatoms. The van der Waals surface area contributed by atoms with E-state index in [1.165, 1.54) is 6.07 Å². The fraction of sp³-hybridized carbons (Fsp3) is 0.500. The normalized spacial score (nSPS) is 28.1. The van der Waals surface area contributed by atoms with Gasteiger partial charge in [-0.1, -0.05) is 6.07 Å². The minimum atomic E-state index is -1.03. The summed E-state index contributed by atoms with van der Waals surface area (Å²) in [5.41, 5.74) is 0.0412. The lowest BCUT2D eigenvalue weighted by Gasteiger charge is -2.35. The molecule has 1 fully saturated rings. The highest BCUT2D eigenvalue weighted by atomic mass is 32.2. The first kappa shape index (κ1) is 13.0. The summed E-state index contributed by atoms with van der Waals surface area (Å²) in [6.45, 7) is 5.18. The number of hydrogen-bond donors (Lipinski definition) is 1. The summed E-state index contributed by atoms with van der Waals surface area (Å²) in [4.78, 5) is 17.0. The van der Waals surface area contributed by atoms with Crippen molar-refractivity contribution in [2.75, 3.05) is 18.0 Å². The molecule has 1 aliphatic heterocycles. The molecule has 1 saturated heterocycles. The Kier molecular flexibility index (Phi) is 3.65. The standard InChI is InChI=1S/C12H16N2O3S/c1-8-6-14(7-9(2)18(8)17)11-5-3-4-10(13-11)12(15)16/h3-5,8-9H,6-7H2,1-2H3,(H,15,16). The van der Waals surface area contributed by atoms with Crippen molar-refractivity contribution in [2.45, 2.75) is 24.3 Å². The smallest absolute Gasteiger partial charge is 0.354 e. The van der Waals surface area contributed by atoms with E-state index in [1.807, 2.05) is 18.7 Å². The van der Waals surface area contributed by atoms with Crippen LogP contribution in [0.25, 0.3) is 0 Å².